The van der Waals surface area contributed by atoms with Gasteiger partial charge in [0, 0.05) is 17.6 Å². The molecule has 0 atom stereocenters. The standard InChI is InChI=1S/C15H21BrN2O4S/c1-14(2,3)22-13(19)18-9-15(4,10-18)17-23(20,21)12-7-5-11(16)6-8-12/h5-8,17H,9-10H2,1-4H3. The normalized spacial score (nSPS) is 17.5. The van der Waals surface area contributed by atoms with E-state index in [9.17, 15) is 13.2 Å². The largest absolute Gasteiger partial charge is 0.444 e. The number of ether oxygens (including phenoxy) is 1. The van der Waals surface area contributed by atoms with Gasteiger partial charge in [0.05, 0.1) is 10.4 Å². The van der Waals surface area contributed by atoms with Crippen molar-refractivity contribution in [1.82, 2.24) is 9.62 Å². The number of hydrogen-bond acceptors (Lipinski definition) is 4. The molecule has 0 radical (unpaired) electrons. The maximum absolute atomic E-state index is 12.4. The quantitative estimate of drug-likeness (QED) is 0.839. The fourth-order valence-electron chi connectivity index (χ4n) is 2.31. The summed E-state index contributed by atoms with van der Waals surface area (Å²) < 4.78 is 33.5. The van der Waals surface area contributed by atoms with Crippen LogP contribution >= 0.6 is 15.9 Å². The molecule has 1 aliphatic rings. The van der Waals surface area contributed by atoms with Crippen molar-refractivity contribution in [3.63, 3.8) is 0 Å². The second-order valence-electron chi connectivity index (χ2n) is 6.96. The Morgan fingerprint density at radius 3 is 2.26 bits per heavy atom. The van der Waals surface area contributed by atoms with Crippen molar-refractivity contribution in [3.05, 3.63) is 28.7 Å². The third-order valence-corrected chi connectivity index (χ3v) is 5.42. The monoisotopic (exact) mass is 404 g/mol. The van der Waals surface area contributed by atoms with Crippen LogP contribution in [0.1, 0.15) is 27.7 Å². The number of halogens is 1. The maximum Gasteiger partial charge on any atom is 0.410 e. The van der Waals surface area contributed by atoms with Crippen LogP contribution in [-0.4, -0.2) is 43.6 Å². The lowest BCUT2D eigenvalue weighted by Crippen LogP contribution is -2.69. The van der Waals surface area contributed by atoms with Crippen LogP contribution in [-0.2, 0) is 14.8 Å². The minimum absolute atomic E-state index is 0.192. The molecular formula is C15H21BrN2O4S. The Hall–Kier alpha value is -1.12. The molecule has 23 heavy (non-hydrogen) atoms. The molecule has 0 spiro atoms. The highest BCUT2D eigenvalue weighted by atomic mass is 79.9. The summed E-state index contributed by atoms with van der Waals surface area (Å²) in [5.74, 6) is 0. The van der Waals surface area contributed by atoms with E-state index in [4.69, 9.17) is 4.74 Å². The number of sulfonamides is 1. The van der Waals surface area contributed by atoms with Gasteiger partial charge in [-0.3, -0.25) is 0 Å². The zero-order valence-electron chi connectivity index (χ0n) is 13.6. The average Bonchev–Trinajstić information content (AvgIpc) is 2.33. The first-order chi connectivity index (χ1) is 10.4. The number of rotatable bonds is 3. The van der Waals surface area contributed by atoms with Crippen molar-refractivity contribution in [2.75, 3.05) is 13.1 Å². The summed E-state index contributed by atoms with van der Waals surface area (Å²) >= 11 is 3.27. The Morgan fingerprint density at radius 2 is 1.78 bits per heavy atom. The maximum atomic E-state index is 12.4. The highest BCUT2D eigenvalue weighted by Gasteiger charge is 2.45. The SMILES string of the molecule is CC1(NS(=O)(=O)c2ccc(Br)cc2)CN(C(=O)OC(C)(C)C)C1. The molecule has 0 saturated carbocycles. The van der Waals surface area contributed by atoms with E-state index in [-0.39, 0.29) is 18.0 Å². The van der Waals surface area contributed by atoms with Gasteiger partial charge >= 0.3 is 6.09 Å². The Labute approximate surface area is 145 Å². The number of nitrogens with zero attached hydrogens (tertiary/aromatic N) is 1. The van der Waals surface area contributed by atoms with Gasteiger partial charge in [-0.2, -0.15) is 0 Å². The number of carbonyl (C=O) groups is 1. The number of nitrogens with one attached hydrogen (secondary N) is 1. The van der Waals surface area contributed by atoms with Crippen LogP contribution in [0.15, 0.2) is 33.6 Å². The van der Waals surface area contributed by atoms with E-state index >= 15 is 0 Å². The van der Waals surface area contributed by atoms with Crippen molar-refractivity contribution in [2.45, 2.75) is 43.7 Å². The molecule has 1 saturated heterocycles. The topological polar surface area (TPSA) is 75.7 Å². The molecule has 1 fully saturated rings. The van der Waals surface area contributed by atoms with Crippen LogP contribution in [0.3, 0.4) is 0 Å². The van der Waals surface area contributed by atoms with Gasteiger partial charge in [-0.1, -0.05) is 15.9 Å². The fraction of sp³-hybridized carbons (Fsp3) is 0.533. The lowest BCUT2D eigenvalue weighted by Gasteiger charge is -2.47. The molecule has 128 valence electrons. The third kappa shape index (κ3) is 4.68. The van der Waals surface area contributed by atoms with Crippen LogP contribution in [0, 0.1) is 0 Å². The van der Waals surface area contributed by atoms with Crippen LogP contribution in [0.2, 0.25) is 0 Å². The number of hydrogen-bond donors (Lipinski definition) is 1. The molecule has 0 aliphatic carbocycles. The Kier molecular flexibility index (Phi) is 4.81. The zero-order chi connectivity index (χ0) is 17.5. The van der Waals surface area contributed by atoms with E-state index in [1.165, 1.54) is 17.0 Å². The summed E-state index contributed by atoms with van der Waals surface area (Å²) in [6.07, 6.45) is -0.433. The van der Waals surface area contributed by atoms with Gasteiger partial charge in [0.2, 0.25) is 10.0 Å². The molecule has 0 aromatic heterocycles. The van der Waals surface area contributed by atoms with Gasteiger partial charge in [0.1, 0.15) is 5.60 Å². The first-order valence-electron chi connectivity index (χ1n) is 7.18. The van der Waals surface area contributed by atoms with E-state index in [1.54, 1.807) is 39.8 Å². The zero-order valence-corrected chi connectivity index (χ0v) is 16.0. The van der Waals surface area contributed by atoms with Crippen LogP contribution in [0.25, 0.3) is 0 Å². The van der Waals surface area contributed by atoms with Gasteiger partial charge in [-0.05, 0) is 52.0 Å². The molecule has 6 nitrogen and oxygen atoms in total. The van der Waals surface area contributed by atoms with Crippen molar-refractivity contribution < 1.29 is 17.9 Å². The highest BCUT2D eigenvalue weighted by molar-refractivity contribution is 9.10. The number of likely N-dealkylation sites (tertiary alicyclic amines) is 1. The molecular weight excluding hydrogens is 384 g/mol. The highest BCUT2D eigenvalue weighted by Crippen LogP contribution is 2.25. The summed E-state index contributed by atoms with van der Waals surface area (Å²) in [6.45, 7) is 7.69. The molecule has 0 bridgehead atoms. The van der Waals surface area contributed by atoms with Gasteiger partial charge in [-0.25, -0.2) is 17.9 Å². The van der Waals surface area contributed by atoms with Gasteiger partial charge in [0.15, 0.2) is 0 Å². The average molecular weight is 405 g/mol. The van der Waals surface area contributed by atoms with E-state index < -0.39 is 27.3 Å². The molecule has 1 aromatic rings. The van der Waals surface area contributed by atoms with Crippen molar-refractivity contribution in [1.29, 1.82) is 0 Å². The molecule has 1 aromatic carbocycles. The van der Waals surface area contributed by atoms with Crippen LogP contribution in [0.5, 0.6) is 0 Å². The van der Waals surface area contributed by atoms with Crippen molar-refractivity contribution in [3.8, 4) is 0 Å². The first-order valence-corrected chi connectivity index (χ1v) is 9.45. The minimum Gasteiger partial charge on any atom is -0.444 e. The van der Waals surface area contributed by atoms with E-state index in [0.717, 1.165) is 4.47 Å². The third-order valence-electron chi connectivity index (χ3n) is 3.24. The molecule has 8 heteroatoms. The Balaban J connectivity index is 1.99. The minimum atomic E-state index is -3.63. The summed E-state index contributed by atoms with van der Waals surface area (Å²) in [5.41, 5.74) is -1.26. The van der Waals surface area contributed by atoms with Crippen molar-refractivity contribution >= 4 is 32.0 Å². The summed E-state index contributed by atoms with van der Waals surface area (Å²) in [7, 11) is -3.63. The summed E-state index contributed by atoms with van der Waals surface area (Å²) in [6, 6.07) is 6.40. The molecule has 1 heterocycles. The summed E-state index contributed by atoms with van der Waals surface area (Å²) in [4.78, 5) is 13.6. The van der Waals surface area contributed by atoms with Crippen LogP contribution < -0.4 is 4.72 Å². The van der Waals surface area contributed by atoms with Gasteiger partial charge in [-0.15, -0.1) is 0 Å². The number of carbonyl (C=O) groups excluding carboxylic acids is 1. The van der Waals surface area contributed by atoms with Gasteiger partial charge < -0.3 is 9.64 Å². The van der Waals surface area contributed by atoms with Crippen LogP contribution in [0.4, 0.5) is 4.79 Å². The number of amides is 1. The number of benzene rings is 1. The van der Waals surface area contributed by atoms with E-state index in [1.807, 2.05) is 0 Å². The molecule has 0 unspecified atom stereocenters. The predicted octanol–water partition coefficient (Wildman–Crippen LogP) is 2.74. The van der Waals surface area contributed by atoms with E-state index in [0.29, 0.717) is 0 Å². The second-order valence-corrected chi connectivity index (χ2v) is 9.55. The Bertz CT molecular complexity index is 689. The second kappa shape index (κ2) is 6.07. The molecule has 2 rings (SSSR count). The smallest absolute Gasteiger partial charge is 0.410 e. The predicted molar refractivity (Wildman–Crippen MR) is 90.7 cm³/mol. The summed E-state index contributed by atoms with van der Waals surface area (Å²) in [5, 5.41) is 0. The lowest BCUT2D eigenvalue weighted by molar-refractivity contribution is -0.00776. The Morgan fingerprint density at radius 1 is 1.26 bits per heavy atom. The first kappa shape index (κ1) is 18.2. The molecule has 1 amide bonds. The molecule has 1 aliphatic heterocycles. The van der Waals surface area contributed by atoms with E-state index in [2.05, 4.69) is 20.7 Å². The van der Waals surface area contributed by atoms with Crippen molar-refractivity contribution in [2.24, 2.45) is 0 Å². The molecule has 1 N–H and O–H groups in total. The lowest BCUT2D eigenvalue weighted by atomic mass is 9.94. The van der Waals surface area contributed by atoms with Gasteiger partial charge in [0.25, 0.3) is 0 Å². The fourth-order valence-corrected chi connectivity index (χ4v) is 3.97.